The van der Waals surface area contributed by atoms with E-state index in [2.05, 4.69) is 4.99 Å². The predicted octanol–water partition coefficient (Wildman–Crippen LogP) is 2.45. The van der Waals surface area contributed by atoms with Crippen LogP contribution in [-0.4, -0.2) is 24.3 Å². The maximum Gasteiger partial charge on any atom is 0.328 e. The van der Waals surface area contributed by atoms with Crippen molar-refractivity contribution < 1.29 is 9.53 Å². The number of esters is 1. The summed E-state index contributed by atoms with van der Waals surface area (Å²) in [5.41, 5.74) is 0.533. The number of carbonyl (C=O) groups excluding carboxylic acids is 1. The van der Waals surface area contributed by atoms with E-state index in [1.54, 1.807) is 6.21 Å². The molecule has 0 aliphatic carbocycles. The first-order valence-electron chi connectivity index (χ1n) is 5.24. The number of ether oxygens (including phenoxy) is 1. The second kappa shape index (κ2) is 5.45. The van der Waals surface area contributed by atoms with Gasteiger partial charge in [-0.15, -0.1) is 0 Å². The summed E-state index contributed by atoms with van der Waals surface area (Å²) in [7, 11) is 0. The molecule has 0 saturated carbocycles. The van der Waals surface area contributed by atoms with E-state index in [4.69, 9.17) is 4.74 Å². The van der Waals surface area contributed by atoms with Gasteiger partial charge in [-0.1, -0.05) is 30.3 Å². The van der Waals surface area contributed by atoms with E-state index < -0.39 is 5.60 Å². The lowest BCUT2D eigenvalue weighted by molar-refractivity contribution is -0.152. The smallest absolute Gasteiger partial charge is 0.328 e. The fraction of sp³-hybridized carbons (Fsp3) is 0.385. The molecule has 0 unspecified atom stereocenters. The Morgan fingerprint density at radius 3 is 2.50 bits per heavy atom. The molecule has 0 saturated heterocycles. The normalized spacial score (nSPS) is 11.7. The molecule has 1 aromatic rings. The summed E-state index contributed by atoms with van der Waals surface area (Å²) in [5.74, 6) is -0.306. The first kappa shape index (κ1) is 12.4. The van der Waals surface area contributed by atoms with Gasteiger partial charge >= 0.3 is 5.97 Å². The molecule has 0 aliphatic rings. The van der Waals surface area contributed by atoms with Crippen LogP contribution in [0.2, 0.25) is 0 Å². The average Bonchev–Trinajstić information content (AvgIpc) is 2.16. The molecule has 0 atom stereocenters. The van der Waals surface area contributed by atoms with E-state index >= 15 is 0 Å². The van der Waals surface area contributed by atoms with Crippen LogP contribution in [0.15, 0.2) is 35.3 Å². The first-order valence-corrected chi connectivity index (χ1v) is 5.24. The summed E-state index contributed by atoms with van der Waals surface area (Å²) in [4.78, 5) is 15.3. The van der Waals surface area contributed by atoms with Gasteiger partial charge in [0.2, 0.25) is 0 Å². The van der Waals surface area contributed by atoms with Crippen molar-refractivity contribution in [3.05, 3.63) is 35.9 Å². The highest BCUT2D eigenvalue weighted by molar-refractivity contribution is 5.82. The van der Waals surface area contributed by atoms with Crippen LogP contribution in [0.3, 0.4) is 0 Å². The molecule has 1 rings (SSSR count). The zero-order chi connectivity index (χ0) is 12.0. The van der Waals surface area contributed by atoms with Gasteiger partial charge in [-0.05, 0) is 26.3 Å². The maximum absolute atomic E-state index is 11.3. The number of nitrogens with zero attached hydrogens (tertiary/aromatic N) is 1. The molecule has 3 heteroatoms. The maximum atomic E-state index is 11.3. The molecule has 0 radical (unpaired) electrons. The Bertz CT molecular complexity index is 363. The Labute approximate surface area is 96.2 Å². The van der Waals surface area contributed by atoms with Crippen molar-refractivity contribution >= 4 is 12.2 Å². The largest absolute Gasteiger partial charge is 0.459 e. The quantitative estimate of drug-likeness (QED) is 0.578. The number of benzene rings is 1. The SMILES string of the molecule is CC(C)(C)OC(=O)CN=Cc1ccccc1. The summed E-state index contributed by atoms with van der Waals surface area (Å²) in [6.07, 6.45) is 1.67. The minimum Gasteiger partial charge on any atom is -0.459 e. The van der Waals surface area contributed by atoms with Crippen molar-refractivity contribution in [2.24, 2.45) is 4.99 Å². The third-order valence-corrected chi connectivity index (χ3v) is 1.68. The minimum atomic E-state index is -0.445. The van der Waals surface area contributed by atoms with Gasteiger partial charge in [0.1, 0.15) is 12.1 Å². The highest BCUT2D eigenvalue weighted by Gasteiger charge is 2.15. The lowest BCUT2D eigenvalue weighted by Crippen LogP contribution is -2.25. The van der Waals surface area contributed by atoms with Crippen LogP contribution in [-0.2, 0) is 9.53 Å². The van der Waals surface area contributed by atoms with Crippen LogP contribution in [0.25, 0.3) is 0 Å². The molecule has 3 nitrogen and oxygen atoms in total. The van der Waals surface area contributed by atoms with Crippen LogP contribution in [0.5, 0.6) is 0 Å². The van der Waals surface area contributed by atoms with E-state index in [0.29, 0.717) is 0 Å². The highest BCUT2D eigenvalue weighted by atomic mass is 16.6. The fourth-order valence-electron chi connectivity index (χ4n) is 1.14. The Morgan fingerprint density at radius 2 is 1.94 bits per heavy atom. The Morgan fingerprint density at radius 1 is 1.31 bits per heavy atom. The molecule has 0 fully saturated rings. The van der Waals surface area contributed by atoms with E-state index in [0.717, 1.165) is 5.56 Å². The molecule has 0 heterocycles. The molecular weight excluding hydrogens is 202 g/mol. The monoisotopic (exact) mass is 219 g/mol. The third kappa shape index (κ3) is 5.29. The van der Waals surface area contributed by atoms with Gasteiger partial charge in [-0.2, -0.15) is 0 Å². The van der Waals surface area contributed by atoms with Gasteiger partial charge in [0.05, 0.1) is 0 Å². The van der Waals surface area contributed by atoms with Crippen LogP contribution in [0, 0.1) is 0 Å². The topological polar surface area (TPSA) is 38.7 Å². The van der Waals surface area contributed by atoms with Crippen LogP contribution >= 0.6 is 0 Å². The standard InChI is InChI=1S/C13H17NO2/c1-13(2,3)16-12(15)10-14-9-11-7-5-4-6-8-11/h4-9H,10H2,1-3H3. The molecule has 0 N–H and O–H groups in total. The molecule has 0 aliphatic heterocycles. The summed E-state index contributed by atoms with van der Waals surface area (Å²) in [6.45, 7) is 5.58. The van der Waals surface area contributed by atoms with Crippen molar-refractivity contribution in [2.45, 2.75) is 26.4 Å². The molecule has 86 valence electrons. The Balaban J connectivity index is 2.41. The molecule has 1 aromatic carbocycles. The van der Waals surface area contributed by atoms with Gasteiger partial charge < -0.3 is 4.74 Å². The third-order valence-electron chi connectivity index (χ3n) is 1.68. The molecule has 0 bridgehead atoms. The van der Waals surface area contributed by atoms with E-state index in [1.807, 2.05) is 51.1 Å². The number of rotatable bonds is 3. The van der Waals surface area contributed by atoms with Crippen LogP contribution < -0.4 is 0 Å². The zero-order valence-electron chi connectivity index (χ0n) is 9.93. The molecule has 0 aromatic heterocycles. The van der Waals surface area contributed by atoms with Crippen molar-refractivity contribution in [1.29, 1.82) is 0 Å². The van der Waals surface area contributed by atoms with E-state index in [9.17, 15) is 4.79 Å². The number of carbonyl (C=O) groups is 1. The fourth-order valence-corrected chi connectivity index (χ4v) is 1.14. The number of hydrogen-bond acceptors (Lipinski definition) is 3. The lowest BCUT2D eigenvalue weighted by Gasteiger charge is -2.18. The lowest BCUT2D eigenvalue weighted by atomic mass is 10.2. The molecule has 0 spiro atoms. The molecule has 0 amide bonds. The minimum absolute atomic E-state index is 0.0617. The Hall–Kier alpha value is -1.64. The van der Waals surface area contributed by atoms with Gasteiger partial charge in [0, 0.05) is 6.21 Å². The second-order valence-electron chi connectivity index (χ2n) is 4.47. The van der Waals surface area contributed by atoms with Crippen molar-refractivity contribution in [2.75, 3.05) is 6.54 Å². The zero-order valence-corrected chi connectivity index (χ0v) is 9.93. The number of aliphatic imine (C=N–C) groups is 1. The summed E-state index contributed by atoms with van der Waals surface area (Å²) in [6, 6.07) is 9.64. The van der Waals surface area contributed by atoms with E-state index in [1.165, 1.54) is 0 Å². The van der Waals surface area contributed by atoms with Gasteiger partial charge in [0.15, 0.2) is 0 Å². The van der Waals surface area contributed by atoms with Crippen molar-refractivity contribution in [3.63, 3.8) is 0 Å². The van der Waals surface area contributed by atoms with E-state index in [-0.39, 0.29) is 12.5 Å². The number of hydrogen-bond donors (Lipinski definition) is 0. The van der Waals surface area contributed by atoms with Crippen molar-refractivity contribution in [3.8, 4) is 0 Å². The summed E-state index contributed by atoms with van der Waals surface area (Å²) < 4.78 is 5.12. The van der Waals surface area contributed by atoms with Gasteiger partial charge in [-0.25, -0.2) is 0 Å². The van der Waals surface area contributed by atoms with Gasteiger partial charge in [0.25, 0.3) is 0 Å². The summed E-state index contributed by atoms with van der Waals surface area (Å²) in [5, 5.41) is 0. The predicted molar refractivity (Wildman–Crippen MR) is 64.7 cm³/mol. The van der Waals surface area contributed by atoms with Crippen LogP contribution in [0.4, 0.5) is 0 Å². The van der Waals surface area contributed by atoms with Crippen LogP contribution in [0.1, 0.15) is 26.3 Å². The molecule has 16 heavy (non-hydrogen) atoms. The Kier molecular flexibility index (Phi) is 4.23. The van der Waals surface area contributed by atoms with Crippen molar-refractivity contribution in [1.82, 2.24) is 0 Å². The highest BCUT2D eigenvalue weighted by Crippen LogP contribution is 2.06. The first-order chi connectivity index (χ1) is 7.47. The van der Waals surface area contributed by atoms with Gasteiger partial charge in [-0.3, -0.25) is 9.79 Å². The average molecular weight is 219 g/mol. The molecular formula is C13H17NO2. The second-order valence-corrected chi connectivity index (χ2v) is 4.47. The summed E-state index contributed by atoms with van der Waals surface area (Å²) >= 11 is 0.